The zero-order valence-electron chi connectivity index (χ0n) is 10.8. The number of aromatic nitrogens is 1. The predicted molar refractivity (Wildman–Crippen MR) is 69.5 cm³/mol. The van der Waals surface area contributed by atoms with Crippen molar-refractivity contribution in [2.45, 2.75) is 31.8 Å². The summed E-state index contributed by atoms with van der Waals surface area (Å²) < 4.78 is 4.75. The van der Waals surface area contributed by atoms with Crippen molar-refractivity contribution in [3.63, 3.8) is 0 Å². The molecule has 1 aromatic heterocycles. The van der Waals surface area contributed by atoms with Gasteiger partial charge in [0.05, 0.1) is 13.2 Å². The van der Waals surface area contributed by atoms with Crippen LogP contribution in [-0.4, -0.2) is 34.9 Å². The van der Waals surface area contributed by atoms with Crippen molar-refractivity contribution in [3.8, 4) is 0 Å². The number of hydrogen-bond donors (Lipinski definition) is 0. The number of methoxy groups -OCH3 is 1. The molecule has 0 aromatic carbocycles. The predicted octanol–water partition coefficient (Wildman–Crippen LogP) is 1.96. The molecule has 19 heavy (non-hydrogen) atoms. The minimum atomic E-state index is -0.538. The van der Waals surface area contributed by atoms with E-state index in [1.54, 1.807) is 18.5 Å². The molecule has 102 valence electrons. The summed E-state index contributed by atoms with van der Waals surface area (Å²) in [5, 5.41) is 0.553. The van der Waals surface area contributed by atoms with Crippen molar-refractivity contribution in [3.05, 3.63) is 29.0 Å². The number of likely N-dealkylation sites (tertiary alicyclic amines) is 1. The molecular formula is C13H15ClN2O3. The lowest BCUT2D eigenvalue weighted by atomic mass is 10.1. The van der Waals surface area contributed by atoms with E-state index in [-0.39, 0.29) is 11.9 Å². The van der Waals surface area contributed by atoms with Crippen LogP contribution in [0.25, 0.3) is 0 Å². The maximum Gasteiger partial charge on any atom is 0.328 e. The molecule has 0 radical (unpaired) electrons. The summed E-state index contributed by atoms with van der Waals surface area (Å²) in [7, 11) is 1.32. The first-order valence-electron chi connectivity index (χ1n) is 6.02. The summed E-state index contributed by atoms with van der Waals surface area (Å²) in [6.07, 6.45) is 4.48. The van der Waals surface area contributed by atoms with Gasteiger partial charge in [0, 0.05) is 29.9 Å². The normalized spacial score (nSPS) is 22.4. The Balaban J connectivity index is 2.34. The van der Waals surface area contributed by atoms with Crippen molar-refractivity contribution >= 4 is 23.5 Å². The number of amides is 1. The van der Waals surface area contributed by atoms with E-state index in [4.69, 9.17) is 16.3 Å². The van der Waals surface area contributed by atoms with E-state index in [0.717, 1.165) is 5.56 Å². The molecule has 2 rings (SSSR count). The smallest absolute Gasteiger partial charge is 0.328 e. The lowest BCUT2D eigenvalue weighted by Crippen LogP contribution is -2.41. The monoisotopic (exact) mass is 282 g/mol. The van der Waals surface area contributed by atoms with Gasteiger partial charge in [0.2, 0.25) is 5.91 Å². The van der Waals surface area contributed by atoms with Crippen LogP contribution in [0.5, 0.6) is 0 Å². The Morgan fingerprint density at radius 2 is 2.21 bits per heavy atom. The van der Waals surface area contributed by atoms with Crippen LogP contribution >= 0.6 is 11.6 Å². The number of esters is 1. The van der Waals surface area contributed by atoms with Gasteiger partial charge in [-0.25, -0.2) is 4.79 Å². The SMILES string of the molecule is COC(=O)[C@@H]1CC[C@H](c2cnccc2Cl)N1C(C)=O. The minimum Gasteiger partial charge on any atom is -0.467 e. The number of halogens is 1. The Kier molecular flexibility index (Phi) is 4.04. The highest BCUT2D eigenvalue weighted by Gasteiger charge is 2.41. The quantitative estimate of drug-likeness (QED) is 0.778. The van der Waals surface area contributed by atoms with Gasteiger partial charge in [-0.1, -0.05) is 11.6 Å². The van der Waals surface area contributed by atoms with E-state index < -0.39 is 12.0 Å². The fourth-order valence-corrected chi connectivity index (χ4v) is 2.79. The van der Waals surface area contributed by atoms with Gasteiger partial charge in [-0.3, -0.25) is 9.78 Å². The molecule has 2 heterocycles. The van der Waals surface area contributed by atoms with Gasteiger partial charge in [-0.2, -0.15) is 0 Å². The molecule has 0 bridgehead atoms. The van der Waals surface area contributed by atoms with E-state index in [2.05, 4.69) is 4.98 Å². The van der Waals surface area contributed by atoms with Gasteiger partial charge >= 0.3 is 5.97 Å². The maximum absolute atomic E-state index is 11.8. The van der Waals surface area contributed by atoms with Gasteiger partial charge < -0.3 is 9.64 Å². The van der Waals surface area contributed by atoms with Gasteiger partial charge in [0.25, 0.3) is 0 Å². The standard InChI is InChI=1S/C13H15ClN2O3/c1-8(17)16-11(3-4-12(16)13(18)19-2)9-7-15-6-5-10(9)14/h5-7,11-12H,3-4H2,1-2H3/t11-,12+/m1/s1. The molecular weight excluding hydrogens is 268 g/mol. The number of carbonyl (C=O) groups excluding carboxylic acids is 2. The van der Waals surface area contributed by atoms with Crippen molar-refractivity contribution in [1.82, 2.24) is 9.88 Å². The highest BCUT2D eigenvalue weighted by atomic mass is 35.5. The highest BCUT2D eigenvalue weighted by Crippen LogP contribution is 2.38. The number of carbonyl (C=O) groups is 2. The maximum atomic E-state index is 11.8. The molecule has 2 atom stereocenters. The molecule has 6 heteroatoms. The van der Waals surface area contributed by atoms with Crippen LogP contribution in [0.4, 0.5) is 0 Å². The molecule has 1 amide bonds. The molecule has 0 unspecified atom stereocenters. The third-order valence-electron chi connectivity index (χ3n) is 3.38. The molecule has 1 saturated heterocycles. The average Bonchev–Trinajstić information content (AvgIpc) is 2.83. The molecule has 0 spiro atoms. The van der Waals surface area contributed by atoms with Crippen molar-refractivity contribution in [2.24, 2.45) is 0 Å². The second-order valence-corrected chi connectivity index (χ2v) is 4.86. The molecule has 0 N–H and O–H groups in total. The molecule has 1 fully saturated rings. The van der Waals surface area contributed by atoms with Crippen molar-refractivity contribution in [1.29, 1.82) is 0 Å². The Labute approximate surface area is 116 Å². The first-order chi connectivity index (χ1) is 9.06. The van der Waals surface area contributed by atoms with Crippen LogP contribution in [0.3, 0.4) is 0 Å². The number of rotatable bonds is 2. The molecule has 1 aromatic rings. The molecule has 0 saturated carbocycles. The molecule has 5 nitrogen and oxygen atoms in total. The largest absolute Gasteiger partial charge is 0.467 e. The number of nitrogens with zero attached hydrogens (tertiary/aromatic N) is 2. The highest BCUT2D eigenvalue weighted by molar-refractivity contribution is 6.31. The summed E-state index contributed by atoms with van der Waals surface area (Å²) in [6, 6.07) is 0.923. The van der Waals surface area contributed by atoms with Crippen LogP contribution in [0, 0.1) is 0 Å². The molecule has 1 aliphatic rings. The first kappa shape index (κ1) is 13.8. The average molecular weight is 283 g/mol. The Morgan fingerprint density at radius 3 is 2.79 bits per heavy atom. The van der Waals surface area contributed by atoms with Crippen LogP contribution in [0.15, 0.2) is 18.5 Å². The third kappa shape index (κ3) is 2.56. The van der Waals surface area contributed by atoms with Gasteiger partial charge in [-0.05, 0) is 18.9 Å². The number of ether oxygens (including phenoxy) is 1. The van der Waals surface area contributed by atoms with Gasteiger partial charge in [0.1, 0.15) is 6.04 Å². The summed E-state index contributed by atoms with van der Waals surface area (Å²) in [5.74, 6) is -0.560. The Bertz CT molecular complexity index is 506. The van der Waals surface area contributed by atoms with Crippen LogP contribution in [-0.2, 0) is 14.3 Å². The minimum absolute atomic E-state index is 0.169. The van der Waals surface area contributed by atoms with Gasteiger partial charge in [0.15, 0.2) is 0 Å². The Morgan fingerprint density at radius 1 is 1.47 bits per heavy atom. The topological polar surface area (TPSA) is 59.5 Å². The summed E-state index contributed by atoms with van der Waals surface area (Å²) >= 11 is 6.14. The lowest BCUT2D eigenvalue weighted by Gasteiger charge is -2.28. The number of hydrogen-bond acceptors (Lipinski definition) is 4. The lowest BCUT2D eigenvalue weighted by molar-refractivity contribution is -0.151. The van der Waals surface area contributed by atoms with Crippen LogP contribution in [0.1, 0.15) is 31.4 Å². The van der Waals surface area contributed by atoms with Crippen LogP contribution in [0.2, 0.25) is 5.02 Å². The van der Waals surface area contributed by atoms with E-state index >= 15 is 0 Å². The molecule has 1 aliphatic heterocycles. The fraction of sp³-hybridized carbons (Fsp3) is 0.462. The van der Waals surface area contributed by atoms with E-state index in [1.165, 1.54) is 18.9 Å². The fourth-order valence-electron chi connectivity index (χ4n) is 2.56. The second-order valence-electron chi connectivity index (χ2n) is 4.46. The zero-order valence-corrected chi connectivity index (χ0v) is 11.6. The summed E-state index contributed by atoms with van der Waals surface area (Å²) in [5.41, 5.74) is 0.769. The van der Waals surface area contributed by atoms with E-state index in [9.17, 15) is 9.59 Å². The Hall–Kier alpha value is -1.62. The molecule has 0 aliphatic carbocycles. The zero-order chi connectivity index (χ0) is 14.0. The summed E-state index contributed by atoms with van der Waals surface area (Å²) in [6.45, 7) is 1.44. The second kappa shape index (κ2) is 5.57. The summed E-state index contributed by atoms with van der Waals surface area (Å²) in [4.78, 5) is 29.1. The first-order valence-corrected chi connectivity index (χ1v) is 6.40. The van der Waals surface area contributed by atoms with Gasteiger partial charge in [-0.15, -0.1) is 0 Å². The van der Waals surface area contributed by atoms with E-state index in [1.807, 2.05) is 0 Å². The van der Waals surface area contributed by atoms with E-state index in [0.29, 0.717) is 17.9 Å². The number of pyridine rings is 1. The third-order valence-corrected chi connectivity index (χ3v) is 3.72. The van der Waals surface area contributed by atoms with Crippen molar-refractivity contribution < 1.29 is 14.3 Å². The van der Waals surface area contributed by atoms with Crippen molar-refractivity contribution in [2.75, 3.05) is 7.11 Å². The van der Waals surface area contributed by atoms with Crippen LogP contribution < -0.4 is 0 Å².